The molecule has 122 valence electrons. The van der Waals surface area contributed by atoms with Crippen LogP contribution < -0.4 is 10.6 Å². The van der Waals surface area contributed by atoms with Crippen LogP contribution in [0.4, 0.5) is 0 Å². The first kappa shape index (κ1) is 17.3. The molecule has 2 atom stereocenters. The minimum absolute atomic E-state index is 0. The molecule has 1 unspecified atom stereocenters. The average Bonchev–Trinajstić information content (AvgIpc) is 2.55. The summed E-state index contributed by atoms with van der Waals surface area (Å²) in [5.74, 6) is 0.153. The van der Waals surface area contributed by atoms with E-state index in [2.05, 4.69) is 35.8 Å². The lowest BCUT2D eigenvalue weighted by molar-refractivity contribution is -0.124. The molecule has 1 aromatic rings. The SMILES string of the molecule is CC(NC(=O)[C@@H]1CCCCN1)c1ccc2c(c1)CCCC2.Cl. The highest BCUT2D eigenvalue weighted by atomic mass is 35.5. The summed E-state index contributed by atoms with van der Waals surface area (Å²) in [5, 5.41) is 6.48. The number of piperidine rings is 1. The second kappa shape index (κ2) is 7.98. The van der Waals surface area contributed by atoms with Gasteiger partial charge in [-0.15, -0.1) is 12.4 Å². The topological polar surface area (TPSA) is 41.1 Å². The second-order valence-electron chi connectivity index (χ2n) is 6.47. The van der Waals surface area contributed by atoms with E-state index in [0.717, 1.165) is 19.4 Å². The Morgan fingerprint density at radius 3 is 2.68 bits per heavy atom. The van der Waals surface area contributed by atoms with E-state index in [1.165, 1.54) is 48.8 Å². The van der Waals surface area contributed by atoms with Crippen LogP contribution in [0.3, 0.4) is 0 Å². The van der Waals surface area contributed by atoms with E-state index >= 15 is 0 Å². The molecule has 1 fully saturated rings. The Morgan fingerprint density at radius 2 is 1.95 bits per heavy atom. The van der Waals surface area contributed by atoms with Gasteiger partial charge in [0.25, 0.3) is 0 Å². The van der Waals surface area contributed by atoms with Gasteiger partial charge in [-0.05, 0) is 68.7 Å². The summed E-state index contributed by atoms with van der Waals surface area (Å²) in [6.07, 6.45) is 8.30. The smallest absolute Gasteiger partial charge is 0.237 e. The summed E-state index contributed by atoms with van der Waals surface area (Å²) in [5.41, 5.74) is 4.22. The predicted molar refractivity (Wildman–Crippen MR) is 92.5 cm³/mol. The van der Waals surface area contributed by atoms with Crippen molar-refractivity contribution in [2.75, 3.05) is 6.54 Å². The molecule has 0 saturated carbocycles. The lowest BCUT2D eigenvalue weighted by Gasteiger charge is -2.25. The summed E-state index contributed by atoms with van der Waals surface area (Å²) >= 11 is 0. The number of rotatable bonds is 3. The number of hydrogen-bond donors (Lipinski definition) is 2. The number of aryl methyl sites for hydroxylation is 2. The molecule has 1 amide bonds. The molecular formula is C18H27ClN2O. The number of benzene rings is 1. The summed E-state index contributed by atoms with van der Waals surface area (Å²) in [4.78, 5) is 12.3. The van der Waals surface area contributed by atoms with Crippen LogP contribution in [-0.2, 0) is 17.6 Å². The molecule has 3 rings (SSSR count). The Morgan fingerprint density at radius 1 is 1.18 bits per heavy atom. The number of fused-ring (bicyclic) bond motifs is 1. The van der Waals surface area contributed by atoms with Crippen LogP contribution in [0.25, 0.3) is 0 Å². The third-order valence-electron chi connectivity index (χ3n) is 4.86. The van der Waals surface area contributed by atoms with Crippen molar-refractivity contribution in [2.24, 2.45) is 0 Å². The Hall–Kier alpha value is -1.06. The van der Waals surface area contributed by atoms with Crippen LogP contribution in [0.5, 0.6) is 0 Å². The van der Waals surface area contributed by atoms with Gasteiger partial charge in [0.05, 0.1) is 12.1 Å². The van der Waals surface area contributed by atoms with E-state index in [0.29, 0.717) is 0 Å². The van der Waals surface area contributed by atoms with Gasteiger partial charge in [0.15, 0.2) is 0 Å². The molecule has 2 N–H and O–H groups in total. The van der Waals surface area contributed by atoms with Crippen LogP contribution in [-0.4, -0.2) is 18.5 Å². The molecule has 0 radical (unpaired) electrons. The van der Waals surface area contributed by atoms with Gasteiger partial charge in [-0.1, -0.05) is 24.6 Å². The van der Waals surface area contributed by atoms with E-state index in [1.54, 1.807) is 0 Å². The lowest BCUT2D eigenvalue weighted by atomic mass is 9.89. The van der Waals surface area contributed by atoms with Crippen LogP contribution in [0, 0.1) is 0 Å². The summed E-state index contributed by atoms with van der Waals surface area (Å²) in [7, 11) is 0. The molecule has 4 heteroatoms. The van der Waals surface area contributed by atoms with Crippen LogP contribution in [0.15, 0.2) is 18.2 Å². The molecule has 3 nitrogen and oxygen atoms in total. The maximum absolute atomic E-state index is 12.3. The molecule has 1 aromatic carbocycles. The van der Waals surface area contributed by atoms with E-state index in [9.17, 15) is 4.79 Å². The molecule has 22 heavy (non-hydrogen) atoms. The number of carbonyl (C=O) groups excluding carboxylic acids is 1. The number of hydrogen-bond acceptors (Lipinski definition) is 2. The molecule has 1 saturated heterocycles. The standard InChI is InChI=1S/C18H26N2O.ClH/c1-13(20-18(21)17-8-4-5-11-19-17)15-10-9-14-6-2-3-7-16(14)12-15;/h9-10,12-13,17,19H,2-8,11H2,1H3,(H,20,21);1H/t13?,17-;/m0./s1. The number of amides is 1. The van der Waals surface area contributed by atoms with Crippen molar-refractivity contribution in [3.05, 3.63) is 34.9 Å². The fourth-order valence-corrected chi connectivity index (χ4v) is 3.50. The monoisotopic (exact) mass is 322 g/mol. The highest BCUT2D eigenvalue weighted by Gasteiger charge is 2.22. The third-order valence-corrected chi connectivity index (χ3v) is 4.86. The number of nitrogens with one attached hydrogen (secondary N) is 2. The molecule has 1 aliphatic carbocycles. The van der Waals surface area contributed by atoms with Crippen molar-refractivity contribution >= 4 is 18.3 Å². The van der Waals surface area contributed by atoms with Crippen molar-refractivity contribution in [3.8, 4) is 0 Å². The molecule has 1 heterocycles. The summed E-state index contributed by atoms with van der Waals surface area (Å²) in [6.45, 7) is 3.05. The highest BCUT2D eigenvalue weighted by molar-refractivity contribution is 5.85. The second-order valence-corrected chi connectivity index (χ2v) is 6.47. The third kappa shape index (κ3) is 4.02. The highest BCUT2D eigenvalue weighted by Crippen LogP contribution is 2.24. The summed E-state index contributed by atoms with van der Waals surface area (Å²) in [6, 6.07) is 6.83. The average molecular weight is 323 g/mol. The fraction of sp³-hybridized carbons (Fsp3) is 0.611. The van der Waals surface area contributed by atoms with Crippen molar-refractivity contribution in [3.63, 3.8) is 0 Å². The molecule has 1 aliphatic heterocycles. The Bertz CT molecular complexity index is 512. The first-order chi connectivity index (χ1) is 10.2. The van der Waals surface area contributed by atoms with Crippen LogP contribution >= 0.6 is 12.4 Å². The molecule has 0 bridgehead atoms. The van der Waals surface area contributed by atoms with Crippen molar-refractivity contribution in [2.45, 2.75) is 64.0 Å². The normalized spacial score (nSPS) is 22.1. The number of halogens is 1. The number of carbonyl (C=O) groups is 1. The molecule has 0 spiro atoms. The maximum Gasteiger partial charge on any atom is 0.237 e. The van der Waals surface area contributed by atoms with E-state index in [-0.39, 0.29) is 30.4 Å². The zero-order chi connectivity index (χ0) is 14.7. The predicted octanol–water partition coefficient (Wildman–Crippen LogP) is 3.31. The zero-order valence-corrected chi connectivity index (χ0v) is 14.2. The van der Waals surface area contributed by atoms with Crippen molar-refractivity contribution in [1.82, 2.24) is 10.6 Å². The first-order valence-electron chi connectivity index (χ1n) is 8.39. The summed E-state index contributed by atoms with van der Waals surface area (Å²) < 4.78 is 0. The van der Waals surface area contributed by atoms with Gasteiger partial charge in [-0.25, -0.2) is 0 Å². The van der Waals surface area contributed by atoms with Gasteiger partial charge in [0, 0.05) is 0 Å². The molecule has 0 aromatic heterocycles. The van der Waals surface area contributed by atoms with E-state index < -0.39 is 0 Å². The van der Waals surface area contributed by atoms with Gasteiger partial charge in [-0.2, -0.15) is 0 Å². The fourth-order valence-electron chi connectivity index (χ4n) is 3.50. The van der Waals surface area contributed by atoms with E-state index in [4.69, 9.17) is 0 Å². The molecule has 2 aliphatic rings. The minimum atomic E-state index is -0.00109. The minimum Gasteiger partial charge on any atom is -0.348 e. The van der Waals surface area contributed by atoms with Crippen molar-refractivity contribution in [1.29, 1.82) is 0 Å². The Balaban J connectivity index is 0.00000176. The van der Waals surface area contributed by atoms with Crippen molar-refractivity contribution < 1.29 is 4.79 Å². The van der Waals surface area contributed by atoms with Gasteiger partial charge in [0.1, 0.15) is 0 Å². The van der Waals surface area contributed by atoms with Crippen LogP contribution in [0.1, 0.15) is 61.8 Å². The largest absolute Gasteiger partial charge is 0.348 e. The molecular weight excluding hydrogens is 296 g/mol. The first-order valence-corrected chi connectivity index (χ1v) is 8.39. The Kier molecular flexibility index (Phi) is 6.27. The van der Waals surface area contributed by atoms with Gasteiger partial charge in [-0.3, -0.25) is 4.79 Å². The van der Waals surface area contributed by atoms with Crippen LogP contribution in [0.2, 0.25) is 0 Å². The Labute approximate surface area is 139 Å². The van der Waals surface area contributed by atoms with Gasteiger partial charge in [0.2, 0.25) is 5.91 Å². The van der Waals surface area contributed by atoms with Gasteiger partial charge < -0.3 is 10.6 Å². The van der Waals surface area contributed by atoms with Gasteiger partial charge >= 0.3 is 0 Å². The zero-order valence-electron chi connectivity index (χ0n) is 13.4. The quantitative estimate of drug-likeness (QED) is 0.896. The van der Waals surface area contributed by atoms with E-state index in [1.807, 2.05) is 0 Å². The maximum atomic E-state index is 12.3. The lowest BCUT2D eigenvalue weighted by Crippen LogP contribution is -2.47.